The van der Waals surface area contributed by atoms with Crippen molar-refractivity contribution in [3.05, 3.63) is 59.1 Å². The largest absolute Gasteiger partial charge is 0.343 e. The van der Waals surface area contributed by atoms with E-state index in [1.54, 1.807) is 11.8 Å². The van der Waals surface area contributed by atoms with Crippen LogP contribution in [0, 0.1) is 0 Å². The number of halogens is 1. The lowest BCUT2D eigenvalue weighted by molar-refractivity contribution is -0.126. The fraction of sp³-hybridized carbons (Fsp3) is 0.300. The summed E-state index contributed by atoms with van der Waals surface area (Å²) >= 11 is 5.76. The van der Waals surface area contributed by atoms with Crippen LogP contribution in [0.4, 0.5) is 5.69 Å². The van der Waals surface area contributed by atoms with E-state index < -0.39 is 28.5 Å². The van der Waals surface area contributed by atoms with Gasteiger partial charge in [0.2, 0.25) is 21.8 Å². The molecule has 3 rings (SSSR count). The molecule has 0 fully saturated rings. The predicted octanol–water partition coefficient (Wildman–Crippen LogP) is 2.10. The molecule has 1 atom stereocenters. The van der Waals surface area contributed by atoms with Gasteiger partial charge < -0.3 is 10.2 Å². The zero-order valence-corrected chi connectivity index (χ0v) is 17.5. The van der Waals surface area contributed by atoms with Crippen LogP contribution in [0.25, 0.3) is 0 Å². The first kappa shape index (κ1) is 21.3. The van der Waals surface area contributed by atoms with Gasteiger partial charge in [-0.3, -0.25) is 9.59 Å². The minimum atomic E-state index is -3.85. The monoisotopic (exact) mass is 435 g/mol. The smallest absolute Gasteiger partial charge is 0.249 e. The third-order valence-corrected chi connectivity index (χ3v) is 6.34. The van der Waals surface area contributed by atoms with Gasteiger partial charge in [-0.1, -0.05) is 29.8 Å². The molecule has 0 unspecified atom stereocenters. The van der Waals surface area contributed by atoms with E-state index in [2.05, 4.69) is 10.0 Å². The van der Waals surface area contributed by atoms with E-state index >= 15 is 0 Å². The number of para-hydroxylation sites is 1. The van der Waals surface area contributed by atoms with Gasteiger partial charge in [0.25, 0.3) is 0 Å². The highest BCUT2D eigenvalue weighted by atomic mass is 35.5. The summed E-state index contributed by atoms with van der Waals surface area (Å²) in [6.07, 6.45) is 1.76. The molecule has 0 aliphatic carbocycles. The molecule has 0 aromatic heterocycles. The summed E-state index contributed by atoms with van der Waals surface area (Å²) in [5.74, 6) is -0.820. The van der Waals surface area contributed by atoms with Gasteiger partial charge in [-0.05, 0) is 55.7 Å². The Morgan fingerprint density at radius 2 is 1.83 bits per heavy atom. The Bertz CT molecular complexity index is 1010. The Labute approximate surface area is 175 Å². The van der Waals surface area contributed by atoms with Crippen molar-refractivity contribution in [2.75, 3.05) is 18.0 Å². The van der Waals surface area contributed by atoms with E-state index in [0.717, 1.165) is 24.1 Å². The van der Waals surface area contributed by atoms with Gasteiger partial charge in [-0.2, -0.15) is 0 Å². The van der Waals surface area contributed by atoms with Crippen molar-refractivity contribution in [2.45, 2.75) is 30.7 Å². The molecular formula is C20H22ClN3O4S. The van der Waals surface area contributed by atoms with Crippen LogP contribution in [0.1, 0.15) is 18.9 Å². The van der Waals surface area contributed by atoms with Crippen molar-refractivity contribution in [2.24, 2.45) is 0 Å². The summed E-state index contributed by atoms with van der Waals surface area (Å²) in [6.45, 7) is 1.70. The van der Waals surface area contributed by atoms with Crippen LogP contribution in [0.3, 0.4) is 0 Å². The predicted molar refractivity (Wildman–Crippen MR) is 111 cm³/mol. The van der Waals surface area contributed by atoms with Crippen LogP contribution in [0.2, 0.25) is 5.02 Å². The van der Waals surface area contributed by atoms with Crippen LogP contribution in [-0.4, -0.2) is 39.4 Å². The number of nitrogens with one attached hydrogen (secondary N) is 2. The average Bonchev–Trinajstić information content (AvgIpc) is 2.71. The lowest BCUT2D eigenvalue weighted by Crippen LogP contribution is -2.50. The molecular weight excluding hydrogens is 414 g/mol. The quantitative estimate of drug-likeness (QED) is 0.726. The van der Waals surface area contributed by atoms with Gasteiger partial charge >= 0.3 is 0 Å². The summed E-state index contributed by atoms with van der Waals surface area (Å²) in [6, 6.07) is 12.5. The Hall–Kier alpha value is -2.42. The number of aryl methyl sites for hydroxylation is 1. The normalized spacial score (nSPS) is 14.8. The summed E-state index contributed by atoms with van der Waals surface area (Å²) < 4.78 is 26.7. The molecule has 7 nitrogen and oxygen atoms in total. The highest BCUT2D eigenvalue weighted by molar-refractivity contribution is 7.89. The van der Waals surface area contributed by atoms with Crippen LogP contribution >= 0.6 is 11.6 Å². The number of anilines is 1. The fourth-order valence-corrected chi connectivity index (χ4v) is 4.32. The number of hydrogen-bond donors (Lipinski definition) is 2. The summed E-state index contributed by atoms with van der Waals surface area (Å²) in [7, 11) is -3.85. The molecule has 9 heteroatoms. The van der Waals surface area contributed by atoms with Gasteiger partial charge in [0.05, 0.1) is 11.4 Å². The van der Waals surface area contributed by atoms with Crippen molar-refractivity contribution in [3.63, 3.8) is 0 Å². The molecule has 2 N–H and O–H groups in total. The highest BCUT2D eigenvalue weighted by Gasteiger charge is 2.27. The van der Waals surface area contributed by atoms with Crippen molar-refractivity contribution in [3.8, 4) is 0 Å². The minimum Gasteiger partial charge on any atom is -0.343 e. The van der Waals surface area contributed by atoms with E-state index in [1.165, 1.54) is 24.3 Å². The van der Waals surface area contributed by atoms with Crippen LogP contribution < -0.4 is 14.9 Å². The van der Waals surface area contributed by atoms with Gasteiger partial charge in [-0.15, -0.1) is 0 Å². The molecule has 1 aliphatic rings. The second kappa shape index (κ2) is 8.94. The van der Waals surface area contributed by atoms with Crippen LogP contribution in [0.5, 0.6) is 0 Å². The number of nitrogens with zero attached hydrogens (tertiary/aromatic N) is 1. The van der Waals surface area contributed by atoms with Crippen molar-refractivity contribution < 1.29 is 18.0 Å². The van der Waals surface area contributed by atoms with Crippen molar-refractivity contribution >= 4 is 39.1 Å². The maximum Gasteiger partial charge on any atom is 0.249 e. The van der Waals surface area contributed by atoms with Gasteiger partial charge in [0, 0.05) is 17.3 Å². The standard InChI is InChI=1S/C20H22ClN3O4S/c1-14(20(26)24-12-4-6-15-5-2-3-7-18(15)24)23-19(25)13-22-29(27,28)17-10-8-16(21)9-11-17/h2-3,5,7-11,14,22H,4,6,12-13H2,1H3,(H,23,25)/t14-/m0/s1. The molecule has 0 bridgehead atoms. The fourth-order valence-electron chi connectivity index (χ4n) is 3.21. The van der Waals surface area contributed by atoms with Crippen LogP contribution in [-0.2, 0) is 26.0 Å². The lowest BCUT2D eigenvalue weighted by Gasteiger charge is -2.31. The zero-order valence-electron chi connectivity index (χ0n) is 15.9. The van der Waals surface area contributed by atoms with Gasteiger partial charge in [0.1, 0.15) is 6.04 Å². The molecule has 2 amide bonds. The molecule has 0 saturated carbocycles. The number of rotatable bonds is 6. The Balaban J connectivity index is 1.58. The lowest BCUT2D eigenvalue weighted by atomic mass is 10.0. The number of hydrogen-bond acceptors (Lipinski definition) is 4. The number of carbonyl (C=O) groups excluding carboxylic acids is 2. The molecule has 1 heterocycles. The van der Waals surface area contributed by atoms with E-state index in [1.807, 2.05) is 24.3 Å². The second-order valence-corrected chi connectivity index (χ2v) is 8.99. The summed E-state index contributed by atoms with van der Waals surface area (Å²) in [5.41, 5.74) is 1.95. The second-order valence-electron chi connectivity index (χ2n) is 6.79. The van der Waals surface area contributed by atoms with E-state index in [-0.39, 0.29) is 10.8 Å². The summed E-state index contributed by atoms with van der Waals surface area (Å²) in [4.78, 5) is 26.7. The number of carbonyl (C=O) groups is 2. The average molecular weight is 436 g/mol. The Kier molecular flexibility index (Phi) is 6.56. The van der Waals surface area contributed by atoms with E-state index in [9.17, 15) is 18.0 Å². The molecule has 1 aliphatic heterocycles. The molecule has 154 valence electrons. The molecule has 2 aromatic rings. The van der Waals surface area contributed by atoms with Crippen LogP contribution in [0.15, 0.2) is 53.4 Å². The number of amides is 2. The molecule has 29 heavy (non-hydrogen) atoms. The van der Waals surface area contributed by atoms with E-state index in [0.29, 0.717) is 11.6 Å². The molecule has 0 spiro atoms. The van der Waals surface area contributed by atoms with E-state index in [4.69, 9.17) is 11.6 Å². The zero-order chi connectivity index (χ0) is 21.0. The van der Waals surface area contributed by atoms with Gasteiger partial charge in [0.15, 0.2) is 0 Å². The molecule has 0 radical (unpaired) electrons. The first-order chi connectivity index (χ1) is 13.8. The third-order valence-electron chi connectivity index (χ3n) is 4.67. The maximum atomic E-state index is 12.8. The molecule has 0 saturated heterocycles. The van der Waals surface area contributed by atoms with Crippen molar-refractivity contribution in [1.29, 1.82) is 0 Å². The van der Waals surface area contributed by atoms with Gasteiger partial charge in [-0.25, -0.2) is 13.1 Å². The summed E-state index contributed by atoms with van der Waals surface area (Å²) in [5, 5.41) is 2.97. The first-order valence-electron chi connectivity index (χ1n) is 9.22. The minimum absolute atomic E-state index is 0.00347. The topological polar surface area (TPSA) is 95.6 Å². The number of benzene rings is 2. The highest BCUT2D eigenvalue weighted by Crippen LogP contribution is 2.27. The first-order valence-corrected chi connectivity index (χ1v) is 11.1. The number of fused-ring (bicyclic) bond motifs is 1. The Morgan fingerprint density at radius 3 is 2.55 bits per heavy atom. The Morgan fingerprint density at radius 1 is 1.14 bits per heavy atom. The molecule has 2 aromatic carbocycles. The van der Waals surface area contributed by atoms with Crippen molar-refractivity contribution in [1.82, 2.24) is 10.0 Å². The maximum absolute atomic E-state index is 12.8. The SMILES string of the molecule is C[C@H](NC(=O)CNS(=O)(=O)c1ccc(Cl)cc1)C(=O)N1CCCc2ccccc21. The number of sulfonamides is 1. The third kappa shape index (κ3) is 5.14.